The summed E-state index contributed by atoms with van der Waals surface area (Å²) in [5, 5.41) is 2.95. The number of anilines is 1. The predicted molar refractivity (Wildman–Crippen MR) is 94.5 cm³/mol. The van der Waals surface area contributed by atoms with Crippen LogP contribution < -0.4 is 10.1 Å². The zero-order valence-corrected chi connectivity index (χ0v) is 14.2. The van der Waals surface area contributed by atoms with Gasteiger partial charge in [0.25, 0.3) is 5.91 Å². The van der Waals surface area contributed by atoms with Crippen molar-refractivity contribution >= 4 is 23.4 Å². The van der Waals surface area contributed by atoms with Crippen LogP contribution in [0, 0.1) is 13.8 Å². The molecule has 1 unspecified atom stereocenters. The van der Waals surface area contributed by atoms with Gasteiger partial charge in [-0.15, -0.1) is 0 Å². The highest BCUT2D eigenvalue weighted by atomic mass is 32.2. The number of pyridine rings is 1. The van der Waals surface area contributed by atoms with Gasteiger partial charge in [-0.1, -0.05) is 17.7 Å². The van der Waals surface area contributed by atoms with Crippen LogP contribution in [0.1, 0.15) is 27.9 Å². The Morgan fingerprint density at radius 3 is 2.96 bits per heavy atom. The highest BCUT2D eigenvalue weighted by molar-refractivity contribution is 7.99. The summed E-state index contributed by atoms with van der Waals surface area (Å²) in [6, 6.07) is 9.47. The molecule has 0 radical (unpaired) electrons. The summed E-state index contributed by atoms with van der Waals surface area (Å²) in [6.45, 7) is 4.02. The average molecular weight is 328 g/mol. The van der Waals surface area contributed by atoms with Gasteiger partial charge in [-0.2, -0.15) is 11.8 Å². The molecule has 1 aliphatic heterocycles. The number of carbonyl (C=O) groups excluding carboxylic acids is 1. The third kappa shape index (κ3) is 3.85. The number of benzene rings is 1. The molecule has 0 aliphatic carbocycles. The monoisotopic (exact) mass is 328 g/mol. The van der Waals surface area contributed by atoms with Gasteiger partial charge in [0.15, 0.2) is 0 Å². The Kier molecular flexibility index (Phi) is 4.86. The SMILES string of the molecule is Cc1ccc(NC(=O)c2cccnc2OC2CCSC2)c(C)c1. The molecular formula is C18H20N2O2S. The van der Waals surface area contributed by atoms with Gasteiger partial charge < -0.3 is 10.1 Å². The second kappa shape index (κ2) is 7.04. The number of nitrogens with one attached hydrogen (secondary N) is 1. The Hall–Kier alpha value is -2.01. The van der Waals surface area contributed by atoms with E-state index < -0.39 is 0 Å². The summed E-state index contributed by atoms with van der Waals surface area (Å²) < 4.78 is 5.92. The van der Waals surface area contributed by atoms with Crippen molar-refractivity contribution in [1.82, 2.24) is 4.98 Å². The molecule has 0 bridgehead atoms. The molecule has 0 spiro atoms. The van der Waals surface area contributed by atoms with Gasteiger partial charge >= 0.3 is 0 Å². The summed E-state index contributed by atoms with van der Waals surface area (Å²) in [7, 11) is 0. The maximum Gasteiger partial charge on any atom is 0.261 e. The molecule has 1 amide bonds. The number of ether oxygens (including phenoxy) is 1. The second-order valence-electron chi connectivity index (χ2n) is 5.73. The minimum atomic E-state index is -0.189. The Labute approximate surface area is 140 Å². The van der Waals surface area contributed by atoms with Crippen molar-refractivity contribution in [2.75, 3.05) is 16.8 Å². The average Bonchev–Trinajstić information content (AvgIpc) is 3.03. The highest BCUT2D eigenvalue weighted by Crippen LogP contribution is 2.25. The molecule has 1 atom stereocenters. The van der Waals surface area contributed by atoms with Crippen LogP contribution in [0.4, 0.5) is 5.69 Å². The fourth-order valence-corrected chi connectivity index (χ4v) is 3.66. The van der Waals surface area contributed by atoms with E-state index in [-0.39, 0.29) is 12.0 Å². The predicted octanol–water partition coefficient (Wildman–Crippen LogP) is 3.84. The first-order chi connectivity index (χ1) is 11.1. The third-order valence-electron chi connectivity index (χ3n) is 3.81. The van der Waals surface area contributed by atoms with Gasteiger partial charge in [0.1, 0.15) is 11.7 Å². The fraction of sp³-hybridized carbons (Fsp3) is 0.333. The number of rotatable bonds is 4. The molecule has 23 heavy (non-hydrogen) atoms. The van der Waals surface area contributed by atoms with Crippen molar-refractivity contribution in [1.29, 1.82) is 0 Å². The smallest absolute Gasteiger partial charge is 0.261 e. The van der Waals surface area contributed by atoms with Crippen molar-refractivity contribution in [2.24, 2.45) is 0 Å². The molecule has 2 heterocycles. The Bertz CT molecular complexity index is 712. The molecule has 1 fully saturated rings. The fourth-order valence-electron chi connectivity index (χ4n) is 2.56. The number of hydrogen-bond acceptors (Lipinski definition) is 4. The van der Waals surface area contributed by atoms with E-state index >= 15 is 0 Å². The largest absolute Gasteiger partial charge is 0.473 e. The summed E-state index contributed by atoms with van der Waals surface area (Å²) in [4.78, 5) is 16.9. The third-order valence-corrected chi connectivity index (χ3v) is 4.94. The van der Waals surface area contributed by atoms with Crippen LogP contribution in [0.5, 0.6) is 5.88 Å². The van der Waals surface area contributed by atoms with E-state index in [9.17, 15) is 4.79 Å². The molecule has 0 saturated carbocycles. The number of amides is 1. The van der Waals surface area contributed by atoms with Crippen LogP contribution in [0.2, 0.25) is 0 Å². The lowest BCUT2D eigenvalue weighted by molar-refractivity contribution is 0.101. The van der Waals surface area contributed by atoms with E-state index in [1.165, 1.54) is 5.56 Å². The standard InChI is InChI=1S/C18H20N2O2S/c1-12-5-6-16(13(2)10-12)20-17(21)15-4-3-8-19-18(15)22-14-7-9-23-11-14/h3-6,8,10,14H,7,9,11H2,1-2H3,(H,20,21). The van der Waals surface area contributed by atoms with Gasteiger partial charge in [0.05, 0.1) is 0 Å². The van der Waals surface area contributed by atoms with Gasteiger partial charge in [0.2, 0.25) is 5.88 Å². The summed E-state index contributed by atoms with van der Waals surface area (Å²) >= 11 is 1.87. The summed E-state index contributed by atoms with van der Waals surface area (Å²) in [5.41, 5.74) is 3.50. The number of hydrogen-bond donors (Lipinski definition) is 1. The molecular weight excluding hydrogens is 308 g/mol. The van der Waals surface area contributed by atoms with E-state index in [2.05, 4.69) is 10.3 Å². The lowest BCUT2D eigenvalue weighted by Gasteiger charge is -2.15. The molecule has 1 saturated heterocycles. The first-order valence-corrected chi connectivity index (χ1v) is 8.87. The quantitative estimate of drug-likeness (QED) is 0.926. The lowest BCUT2D eigenvalue weighted by atomic mass is 10.1. The van der Waals surface area contributed by atoms with Crippen molar-refractivity contribution in [3.63, 3.8) is 0 Å². The van der Waals surface area contributed by atoms with Gasteiger partial charge in [-0.05, 0) is 49.8 Å². The first-order valence-electron chi connectivity index (χ1n) is 7.71. The van der Waals surface area contributed by atoms with E-state index in [1.807, 2.05) is 43.8 Å². The van der Waals surface area contributed by atoms with Crippen LogP contribution in [-0.4, -0.2) is 28.5 Å². The molecule has 1 aromatic carbocycles. The zero-order valence-electron chi connectivity index (χ0n) is 13.3. The molecule has 120 valence electrons. The number of aromatic nitrogens is 1. The van der Waals surface area contributed by atoms with Crippen LogP contribution in [0.3, 0.4) is 0 Å². The van der Waals surface area contributed by atoms with Gasteiger partial charge in [-0.3, -0.25) is 4.79 Å². The maximum absolute atomic E-state index is 12.6. The van der Waals surface area contributed by atoms with Crippen molar-refractivity contribution in [2.45, 2.75) is 26.4 Å². The molecule has 3 rings (SSSR count). The van der Waals surface area contributed by atoms with Crippen molar-refractivity contribution in [3.05, 3.63) is 53.2 Å². The van der Waals surface area contributed by atoms with Crippen LogP contribution in [0.15, 0.2) is 36.5 Å². The van der Waals surface area contributed by atoms with Crippen LogP contribution in [-0.2, 0) is 0 Å². The van der Waals surface area contributed by atoms with Gasteiger partial charge in [0, 0.05) is 17.6 Å². The minimum Gasteiger partial charge on any atom is -0.473 e. The topological polar surface area (TPSA) is 51.2 Å². The number of aryl methyl sites for hydroxylation is 2. The maximum atomic E-state index is 12.6. The van der Waals surface area contributed by atoms with Crippen LogP contribution in [0.25, 0.3) is 0 Å². The van der Waals surface area contributed by atoms with E-state index in [0.717, 1.165) is 29.2 Å². The summed E-state index contributed by atoms with van der Waals surface area (Å²) in [6.07, 6.45) is 2.80. The summed E-state index contributed by atoms with van der Waals surface area (Å²) in [5.74, 6) is 2.28. The normalized spacial score (nSPS) is 17.0. The first kappa shape index (κ1) is 15.9. The van der Waals surface area contributed by atoms with E-state index in [0.29, 0.717) is 11.4 Å². The number of thioether (sulfide) groups is 1. The Morgan fingerprint density at radius 1 is 1.35 bits per heavy atom. The van der Waals surface area contributed by atoms with E-state index in [1.54, 1.807) is 18.3 Å². The van der Waals surface area contributed by atoms with Crippen molar-refractivity contribution < 1.29 is 9.53 Å². The zero-order chi connectivity index (χ0) is 16.2. The Morgan fingerprint density at radius 2 is 2.22 bits per heavy atom. The highest BCUT2D eigenvalue weighted by Gasteiger charge is 2.21. The molecule has 2 aromatic rings. The molecule has 4 nitrogen and oxygen atoms in total. The number of nitrogens with zero attached hydrogens (tertiary/aromatic N) is 1. The van der Waals surface area contributed by atoms with Gasteiger partial charge in [-0.25, -0.2) is 4.98 Å². The minimum absolute atomic E-state index is 0.141. The van der Waals surface area contributed by atoms with Crippen LogP contribution >= 0.6 is 11.8 Å². The second-order valence-corrected chi connectivity index (χ2v) is 6.88. The molecule has 1 aliphatic rings. The molecule has 5 heteroatoms. The number of carbonyl (C=O) groups is 1. The lowest BCUT2D eigenvalue weighted by Crippen LogP contribution is -2.20. The molecule has 1 N–H and O–H groups in total. The Balaban J connectivity index is 1.78. The van der Waals surface area contributed by atoms with Crippen molar-refractivity contribution in [3.8, 4) is 5.88 Å². The van der Waals surface area contributed by atoms with E-state index in [4.69, 9.17) is 4.74 Å². The molecule has 1 aromatic heterocycles.